The van der Waals surface area contributed by atoms with Crippen molar-refractivity contribution in [1.82, 2.24) is 0 Å². The summed E-state index contributed by atoms with van der Waals surface area (Å²) < 4.78 is 0. The number of aliphatic hydroxyl groups excluding tert-OH is 1. The molecule has 0 spiro atoms. The van der Waals surface area contributed by atoms with Crippen LogP contribution in [0, 0.1) is 6.42 Å². The van der Waals surface area contributed by atoms with Gasteiger partial charge in [0.05, 0.1) is 6.61 Å². The van der Waals surface area contributed by atoms with Gasteiger partial charge in [-0.05, 0) is 17.7 Å². The highest BCUT2D eigenvalue weighted by Gasteiger charge is 1.91. The molecule has 0 amide bonds. The highest BCUT2D eigenvalue weighted by Crippen LogP contribution is 2.11. The third kappa shape index (κ3) is 1.74. The number of phenols is 1. The van der Waals surface area contributed by atoms with Gasteiger partial charge >= 0.3 is 0 Å². The molecule has 2 heteroatoms. The van der Waals surface area contributed by atoms with E-state index in [0.717, 1.165) is 5.56 Å². The van der Waals surface area contributed by atoms with Crippen molar-refractivity contribution < 1.29 is 10.2 Å². The van der Waals surface area contributed by atoms with E-state index >= 15 is 0 Å². The lowest BCUT2D eigenvalue weighted by Gasteiger charge is -1.96. The van der Waals surface area contributed by atoms with Crippen molar-refractivity contribution in [3.8, 4) is 5.75 Å². The Balaban J connectivity index is 2.75. The smallest absolute Gasteiger partial charge is 0.115 e. The Bertz CT molecular complexity index is 208. The van der Waals surface area contributed by atoms with Crippen LogP contribution in [0.25, 0.3) is 0 Å². The Kier molecular flexibility index (Phi) is 2.29. The van der Waals surface area contributed by atoms with Crippen LogP contribution >= 0.6 is 0 Å². The van der Waals surface area contributed by atoms with Crippen LogP contribution in [0.1, 0.15) is 5.56 Å². The van der Waals surface area contributed by atoms with Gasteiger partial charge < -0.3 is 10.2 Å². The zero-order valence-electron chi connectivity index (χ0n) is 5.49. The van der Waals surface area contributed by atoms with Gasteiger partial charge in [0.2, 0.25) is 0 Å². The first-order chi connectivity index (χ1) is 4.83. The number of rotatable bonds is 2. The number of benzene rings is 1. The van der Waals surface area contributed by atoms with E-state index in [9.17, 15) is 0 Å². The molecule has 2 nitrogen and oxygen atoms in total. The monoisotopic (exact) mass is 137 g/mol. The third-order valence-electron chi connectivity index (χ3n) is 1.20. The van der Waals surface area contributed by atoms with E-state index < -0.39 is 0 Å². The normalized spacial score (nSPS) is 9.70. The van der Waals surface area contributed by atoms with Gasteiger partial charge in [-0.2, -0.15) is 0 Å². The predicted octanol–water partition coefficient (Wildman–Crippen LogP) is 0.937. The second-order valence-corrected chi connectivity index (χ2v) is 1.98. The molecule has 0 aliphatic carbocycles. The van der Waals surface area contributed by atoms with Crippen LogP contribution in [-0.2, 0) is 0 Å². The average molecular weight is 137 g/mol. The fraction of sp³-hybridized carbons (Fsp3) is 0.125. The van der Waals surface area contributed by atoms with Gasteiger partial charge in [-0.3, -0.25) is 0 Å². The fourth-order valence-corrected chi connectivity index (χ4v) is 0.757. The summed E-state index contributed by atoms with van der Waals surface area (Å²) in [5.41, 5.74) is 0.836. The molecule has 1 aromatic carbocycles. The standard InChI is InChI=1S/C8H9O2/c9-5-4-7-2-1-3-8(10)6-7/h1-4,6,9-10H,5H2. The molecule has 0 aromatic heterocycles. The third-order valence-corrected chi connectivity index (χ3v) is 1.20. The Morgan fingerprint density at radius 1 is 1.40 bits per heavy atom. The number of aliphatic hydroxyl groups is 1. The lowest BCUT2D eigenvalue weighted by Crippen LogP contribution is -1.85. The van der Waals surface area contributed by atoms with Gasteiger partial charge in [-0.1, -0.05) is 12.1 Å². The van der Waals surface area contributed by atoms with Crippen molar-refractivity contribution in [3.63, 3.8) is 0 Å². The van der Waals surface area contributed by atoms with Gasteiger partial charge in [0, 0.05) is 6.42 Å². The molecule has 0 saturated carbocycles. The molecule has 0 heterocycles. The quantitative estimate of drug-likeness (QED) is 0.636. The first-order valence-electron chi connectivity index (χ1n) is 3.06. The molecule has 0 atom stereocenters. The summed E-state index contributed by atoms with van der Waals surface area (Å²) in [5, 5.41) is 17.4. The Morgan fingerprint density at radius 2 is 2.20 bits per heavy atom. The van der Waals surface area contributed by atoms with E-state index in [1.807, 2.05) is 6.07 Å². The van der Waals surface area contributed by atoms with E-state index in [1.165, 1.54) is 0 Å². The average Bonchev–Trinajstić information content (AvgIpc) is 1.88. The molecule has 0 aliphatic rings. The highest BCUT2D eigenvalue weighted by molar-refractivity contribution is 5.31. The van der Waals surface area contributed by atoms with Crippen LogP contribution in [0.4, 0.5) is 0 Å². The largest absolute Gasteiger partial charge is 0.508 e. The zero-order valence-corrected chi connectivity index (χ0v) is 5.49. The number of hydrogen-bond acceptors (Lipinski definition) is 2. The lowest BCUT2D eigenvalue weighted by molar-refractivity contribution is 0.331. The molecule has 10 heavy (non-hydrogen) atoms. The minimum atomic E-state index is 0.00343. The fourth-order valence-electron chi connectivity index (χ4n) is 0.757. The predicted molar refractivity (Wildman–Crippen MR) is 38.6 cm³/mol. The van der Waals surface area contributed by atoms with E-state index in [-0.39, 0.29) is 12.4 Å². The second kappa shape index (κ2) is 3.22. The second-order valence-electron chi connectivity index (χ2n) is 1.98. The molecule has 1 aromatic rings. The van der Waals surface area contributed by atoms with E-state index in [2.05, 4.69) is 0 Å². The molecule has 0 fully saturated rings. The van der Waals surface area contributed by atoms with Crippen molar-refractivity contribution in [2.45, 2.75) is 0 Å². The molecule has 0 unspecified atom stereocenters. The maximum Gasteiger partial charge on any atom is 0.115 e. The van der Waals surface area contributed by atoms with Crippen LogP contribution in [-0.4, -0.2) is 16.8 Å². The van der Waals surface area contributed by atoms with Gasteiger partial charge in [0.15, 0.2) is 0 Å². The number of phenolic OH excluding ortho intramolecular Hbond substituents is 1. The molecule has 0 bridgehead atoms. The van der Waals surface area contributed by atoms with Gasteiger partial charge in [0.1, 0.15) is 5.75 Å². The molecule has 2 N–H and O–H groups in total. The van der Waals surface area contributed by atoms with Crippen LogP contribution in [0.2, 0.25) is 0 Å². The van der Waals surface area contributed by atoms with Crippen molar-refractivity contribution in [2.75, 3.05) is 6.61 Å². The number of hydrogen-bond donors (Lipinski definition) is 2. The van der Waals surface area contributed by atoms with E-state index in [1.54, 1.807) is 24.6 Å². The molecule has 0 saturated heterocycles. The molecular formula is C8H9O2. The van der Waals surface area contributed by atoms with Crippen molar-refractivity contribution in [1.29, 1.82) is 0 Å². The zero-order chi connectivity index (χ0) is 7.40. The highest BCUT2D eigenvalue weighted by atomic mass is 16.3. The van der Waals surface area contributed by atoms with Crippen molar-refractivity contribution in [2.24, 2.45) is 0 Å². The van der Waals surface area contributed by atoms with Crippen LogP contribution < -0.4 is 0 Å². The van der Waals surface area contributed by atoms with Crippen molar-refractivity contribution in [3.05, 3.63) is 36.2 Å². The van der Waals surface area contributed by atoms with Crippen LogP contribution in [0.5, 0.6) is 5.75 Å². The van der Waals surface area contributed by atoms with E-state index in [4.69, 9.17) is 10.2 Å². The lowest BCUT2D eigenvalue weighted by atomic mass is 10.1. The molecule has 1 radical (unpaired) electrons. The summed E-state index contributed by atoms with van der Waals surface area (Å²) in [4.78, 5) is 0. The summed E-state index contributed by atoms with van der Waals surface area (Å²) in [6.07, 6.45) is 1.62. The minimum absolute atomic E-state index is 0.00343. The molecule has 53 valence electrons. The summed E-state index contributed by atoms with van der Waals surface area (Å²) in [6, 6.07) is 6.73. The molecular weight excluding hydrogens is 128 g/mol. The first-order valence-corrected chi connectivity index (χ1v) is 3.06. The van der Waals surface area contributed by atoms with Gasteiger partial charge in [-0.25, -0.2) is 0 Å². The van der Waals surface area contributed by atoms with Gasteiger partial charge in [0.25, 0.3) is 0 Å². The van der Waals surface area contributed by atoms with Crippen LogP contribution in [0.3, 0.4) is 0 Å². The topological polar surface area (TPSA) is 40.5 Å². The molecule has 1 rings (SSSR count). The Hall–Kier alpha value is -1.02. The SMILES string of the molecule is OC[CH]c1cccc(O)c1. The summed E-state index contributed by atoms with van der Waals surface area (Å²) >= 11 is 0. The van der Waals surface area contributed by atoms with Gasteiger partial charge in [-0.15, -0.1) is 0 Å². The summed E-state index contributed by atoms with van der Waals surface area (Å²) in [6.45, 7) is 0.00343. The number of aromatic hydroxyl groups is 1. The van der Waals surface area contributed by atoms with Crippen molar-refractivity contribution >= 4 is 0 Å². The Morgan fingerprint density at radius 3 is 2.80 bits per heavy atom. The summed E-state index contributed by atoms with van der Waals surface area (Å²) in [5.74, 6) is 0.224. The maximum atomic E-state index is 8.94. The first kappa shape index (κ1) is 7.09. The Labute approximate surface area is 59.7 Å². The van der Waals surface area contributed by atoms with Crippen LogP contribution in [0.15, 0.2) is 24.3 Å². The summed E-state index contributed by atoms with van der Waals surface area (Å²) in [7, 11) is 0. The minimum Gasteiger partial charge on any atom is -0.508 e. The maximum absolute atomic E-state index is 8.94. The molecule has 0 aliphatic heterocycles. The van der Waals surface area contributed by atoms with E-state index in [0.29, 0.717) is 0 Å².